The van der Waals surface area contributed by atoms with Crippen LogP contribution in [0.25, 0.3) is 0 Å². The van der Waals surface area contributed by atoms with Crippen LogP contribution in [0.3, 0.4) is 0 Å². The van der Waals surface area contributed by atoms with Gasteiger partial charge in [-0.05, 0) is 6.92 Å². The average molecular weight is 240 g/mol. The molecule has 0 aromatic carbocycles. The van der Waals surface area contributed by atoms with Crippen LogP contribution < -0.4 is 4.73 Å². The smallest absolute Gasteiger partial charge is 0.156 e. The van der Waals surface area contributed by atoms with E-state index in [1.54, 1.807) is 19.9 Å². The van der Waals surface area contributed by atoms with Gasteiger partial charge in [-0.1, -0.05) is 6.07 Å². The van der Waals surface area contributed by atoms with Crippen LogP contribution in [0.15, 0.2) is 18.3 Å². The van der Waals surface area contributed by atoms with Gasteiger partial charge in [0.2, 0.25) is 0 Å². The molecule has 0 aliphatic heterocycles. The van der Waals surface area contributed by atoms with E-state index in [0.29, 0.717) is 5.69 Å². The molecule has 0 aliphatic carbocycles. The normalized spacial score (nSPS) is 7.58. The molecule has 12 heavy (non-hydrogen) atoms. The van der Waals surface area contributed by atoms with Crippen molar-refractivity contribution in [3.63, 3.8) is 0 Å². The Kier molecular flexibility index (Phi) is 9.11. The quantitative estimate of drug-likeness (QED) is 0.385. The molecule has 1 heterocycles. The number of hydrogen-bond donors (Lipinski definition) is 0. The third kappa shape index (κ3) is 4.08. The molecule has 0 unspecified atom stereocenters. The summed E-state index contributed by atoms with van der Waals surface area (Å²) in [5.41, 5.74) is 1.45. The minimum absolute atomic E-state index is 0. The van der Waals surface area contributed by atoms with Gasteiger partial charge in [0, 0.05) is 32.7 Å². The molecule has 2 nitrogen and oxygen atoms in total. The van der Waals surface area contributed by atoms with Crippen LogP contribution in [0.2, 0.25) is 0 Å². The SMILES string of the molecule is [CH2-]C.[CH2-]c1ccc[n+]([O-])c1C.[Y]. The van der Waals surface area contributed by atoms with Gasteiger partial charge in [-0.25, -0.2) is 4.73 Å². The molecule has 0 atom stereocenters. The second kappa shape index (κ2) is 7.57. The first-order chi connectivity index (χ1) is 5.22. The van der Waals surface area contributed by atoms with Crippen molar-refractivity contribution in [1.82, 2.24) is 0 Å². The fourth-order valence-corrected chi connectivity index (χ4v) is 0.611. The van der Waals surface area contributed by atoms with Crippen molar-refractivity contribution >= 4 is 0 Å². The number of rotatable bonds is 0. The summed E-state index contributed by atoms with van der Waals surface area (Å²) in [7, 11) is 0. The average Bonchev–Trinajstić information content (AvgIpc) is 2.04. The maximum absolute atomic E-state index is 10.7. The first kappa shape index (κ1) is 14.4. The second-order valence-corrected chi connectivity index (χ2v) is 1.94. The molecule has 1 rings (SSSR count). The summed E-state index contributed by atoms with van der Waals surface area (Å²) < 4.78 is 0.808. The zero-order valence-corrected chi connectivity index (χ0v) is 10.4. The van der Waals surface area contributed by atoms with Crippen molar-refractivity contribution in [1.29, 1.82) is 0 Å². The Bertz CT molecular complexity index is 206. The number of nitrogens with zero attached hydrogens (tertiary/aromatic N) is 1. The number of aromatic nitrogens is 1. The van der Waals surface area contributed by atoms with E-state index >= 15 is 0 Å². The van der Waals surface area contributed by atoms with E-state index in [-0.39, 0.29) is 32.7 Å². The van der Waals surface area contributed by atoms with Crippen LogP contribution in [-0.2, 0) is 32.7 Å². The molecule has 0 fully saturated rings. The molecule has 1 radical (unpaired) electrons. The number of pyridine rings is 1. The summed E-state index contributed by atoms with van der Waals surface area (Å²) in [5.74, 6) is 0. The molecule has 0 saturated carbocycles. The van der Waals surface area contributed by atoms with Crippen molar-refractivity contribution in [2.75, 3.05) is 0 Å². The fourth-order valence-electron chi connectivity index (χ4n) is 0.611. The topological polar surface area (TPSA) is 26.9 Å². The van der Waals surface area contributed by atoms with Gasteiger partial charge in [0.1, 0.15) is 0 Å². The Morgan fingerprint density at radius 1 is 1.42 bits per heavy atom. The molecule has 0 aliphatic rings. The summed E-state index contributed by atoms with van der Waals surface area (Å²) in [6.45, 7) is 10.4. The summed E-state index contributed by atoms with van der Waals surface area (Å²) in [6, 6.07) is 3.49. The molecule has 1 aromatic heterocycles. The van der Waals surface area contributed by atoms with Gasteiger partial charge in [-0.3, -0.25) is 0 Å². The Morgan fingerprint density at radius 2 is 1.92 bits per heavy atom. The fraction of sp³-hybridized carbons (Fsp3) is 0.222. The Labute approximate surface area is 99.5 Å². The Balaban J connectivity index is 0. The van der Waals surface area contributed by atoms with Crippen LogP contribution in [0.5, 0.6) is 0 Å². The molecular weight excluding hydrogens is 227 g/mol. The molecule has 0 saturated heterocycles. The Hall–Kier alpha value is -0.0761. The monoisotopic (exact) mass is 240 g/mol. The van der Waals surface area contributed by atoms with E-state index in [9.17, 15) is 5.21 Å². The maximum atomic E-state index is 10.7. The molecule has 0 spiro atoms. The molecular formula is C9H13NOY-2. The van der Waals surface area contributed by atoms with Crippen LogP contribution in [0.1, 0.15) is 18.2 Å². The minimum Gasteiger partial charge on any atom is -0.629 e. The van der Waals surface area contributed by atoms with Gasteiger partial charge in [-0.15, -0.1) is 5.56 Å². The second-order valence-electron chi connectivity index (χ2n) is 1.94. The van der Waals surface area contributed by atoms with E-state index < -0.39 is 0 Å². The largest absolute Gasteiger partial charge is 0.629 e. The third-order valence-electron chi connectivity index (χ3n) is 1.31. The van der Waals surface area contributed by atoms with E-state index in [0.717, 1.165) is 10.3 Å². The molecule has 0 amide bonds. The van der Waals surface area contributed by atoms with Crippen molar-refractivity contribution in [3.05, 3.63) is 48.6 Å². The van der Waals surface area contributed by atoms with Gasteiger partial charge in [0.25, 0.3) is 0 Å². The standard InChI is InChI=1S/C7H8NO.C2H5.Y/c1-6-4-3-5-8(9)7(6)2;1-2;/h3-5H,1H2,2H3;1H2,2H3;/q2*-1;. The molecule has 0 N–H and O–H groups in total. The molecule has 0 bridgehead atoms. The van der Waals surface area contributed by atoms with Crippen molar-refractivity contribution in [2.24, 2.45) is 0 Å². The van der Waals surface area contributed by atoms with E-state index in [1.807, 2.05) is 6.07 Å². The maximum Gasteiger partial charge on any atom is 0.156 e. The summed E-state index contributed by atoms with van der Waals surface area (Å²) >= 11 is 0. The number of hydrogen-bond acceptors (Lipinski definition) is 1. The minimum atomic E-state index is 0. The van der Waals surface area contributed by atoms with Crippen molar-refractivity contribution in [2.45, 2.75) is 13.8 Å². The van der Waals surface area contributed by atoms with Gasteiger partial charge in [-0.2, -0.15) is 19.9 Å². The van der Waals surface area contributed by atoms with Gasteiger partial charge >= 0.3 is 0 Å². The first-order valence-electron chi connectivity index (χ1n) is 3.43. The predicted molar refractivity (Wildman–Crippen MR) is 45.6 cm³/mol. The van der Waals surface area contributed by atoms with Gasteiger partial charge < -0.3 is 12.1 Å². The summed E-state index contributed by atoms with van der Waals surface area (Å²) in [4.78, 5) is 0. The van der Waals surface area contributed by atoms with E-state index in [4.69, 9.17) is 0 Å². The predicted octanol–water partition coefficient (Wildman–Crippen LogP) is 1.65. The van der Waals surface area contributed by atoms with Gasteiger partial charge in [0.15, 0.2) is 6.20 Å². The van der Waals surface area contributed by atoms with Crippen LogP contribution in [-0.4, -0.2) is 0 Å². The molecule has 3 heteroatoms. The summed E-state index contributed by atoms with van der Waals surface area (Å²) in [6.07, 6.45) is 1.46. The third-order valence-corrected chi connectivity index (χ3v) is 1.31. The zero-order chi connectivity index (χ0) is 8.85. The van der Waals surface area contributed by atoms with E-state index in [2.05, 4.69) is 13.8 Å². The molecule has 65 valence electrons. The first-order valence-corrected chi connectivity index (χ1v) is 3.43. The van der Waals surface area contributed by atoms with Crippen molar-refractivity contribution < 1.29 is 37.4 Å². The van der Waals surface area contributed by atoms with Crippen LogP contribution in [0, 0.1) is 26.0 Å². The van der Waals surface area contributed by atoms with Crippen molar-refractivity contribution in [3.8, 4) is 0 Å². The summed E-state index contributed by atoms with van der Waals surface area (Å²) in [5, 5.41) is 10.7. The van der Waals surface area contributed by atoms with Crippen LogP contribution >= 0.6 is 0 Å². The molecule has 1 aromatic rings. The van der Waals surface area contributed by atoms with E-state index in [1.165, 1.54) is 6.20 Å². The van der Waals surface area contributed by atoms with Crippen LogP contribution in [0.4, 0.5) is 0 Å². The van der Waals surface area contributed by atoms with Gasteiger partial charge in [0.05, 0.1) is 5.69 Å². The Morgan fingerprint density at radius 3 is 2.25 bits per heavy atom. The zero-order valence-electron chi connectivity index (χ0n) is 7.58.